The number of nitrogens with one attached hydrogen (secondary N) is 2. The zero-order chi connectivity index (χ0) is 15.4. The maximum absolute atomic E-state index is 11.8. The second kappa shape index (κ2) is 6.04. The van der Waals surface area contributed by atoms with E-state index in [-0.39, 0.29) is 6.54 Å². The Labute approximate surface area is 119 Å². The number of benzene rings is 1. The third kappa shape index (κ3) is 3.35. The molecule has 8 nitrogen and oxygen atoms in total. The summed E-state index contributed by atoms with van der Waals surface area (Å²) in [5.74, 6) is -2.48. The number of amides is 4. The lowest BCUT2D eigenvalue weighted by Gasteiger charge is -2.17. The summed E-state index contributed by atoms with van der Waals surface area (Å²) in [6.07, 6.45) is 0. The van der Waals surface area contributed by atoms with Crippen molar-refractivity contribution in [1.82, 2.24) is 15.5 Å². The number of nitrogens with zero attached hydrogens (tertiary/aromatic N) is 1. The van der Waals surface area contributed by atoms with Gasteiger partial charge in [0.15, 0.2) is 6.04 Å². The highest BCUT2D eigenvalue weighted by atomic mass is 16.4. The van der Waals surface area contributed by atoms with Gasteiger partial charge in [0.05, 0.1) is 6.54 Å². The van der Waals surface area contributed by atoms with Crippen molar-refractivity contribution in [2.45, 2.75) is 6.04 Å². The van der Waals surface area contributed by atoms with Crippen molar-refractivity contribution in [3.63, 3.8) is 0 Å². The highest BCUT2D eigenvalue weighted by molar-refractivity contribution is 6.04. The topological polar surface area (TPSA) is 116 Å². The molecule has 3 N–H and O–H groups in total. The van der Waals surface area contributed by atoms with Gasteiger partial charge in [-0.25, -0.2) is 9.59 Å². The molecular weight excluding hydrogens is 278 g/mol. The van der Waals surface area contributed by atoms with Crippen molar-refractivity contribution in [2.75, 3.05) is 13.1 Å². The van der Waals surface area contributed by atoms with Crippen molar-refractivity contribution >= 4 is 23.8 Å². The van der Waals surface area contributed by atoms with Gasteiger partial charge >= 0.3 is 12.0 Å². The minimum absolute atomic E-state index is 0.160. The number of hydrogen-bond donors (Lipinski definition) is 3. The van der Waals surface area contributed by atoms with Gasteiger partial charge < -0.3 is 15.7 Å². The van der Waals surface area contributed by atoms with Crippen LogP contribution in [0.5, 0.6) is 0 Å². The number of urea groups is 1. The highest BCUT2D eigenvalue weighted by Gasteiger charge is 2.31. The van der Waals surface area contributed by atoms with Crippen LogP contribution >= 0.6 is 0 Å². The summed E-state index contributed by atoms with van der Waals surface area (Å²) in [6.45, 7) is -0.672. The molecule has 1 aromatic rings. The quantitative estimate of drug-likeness (QED) is 0.631. The molecule has 110 valence electrons. The molecule has 1 unspecified atom stereocenters. The molecule has 0 spiro atoms. The van der Waals surface area contributed by atoms with E-state index in [9.17, 15) is 19.2 Å². The molecule has 1 atom stereocenters. The molecule has 1 heterocycles. The third-order valence-corrected chi connectivity index (χ3v) is 2.92. The molecule has 8 heteroatoms. The summed E-state index contributed by atoms with van der Waals surface area (Å²) < 4.78 is 0. The second-order valence-electron chi connectivity index (χ2n) is 4.39. The maximum atomic E-state index is 11.8. The minimum atomic E-state index is -1.24. The Morgan fingerprint density at radius 1 is 1.29 bits per heavy atom. The first-order valence-corrected chi connectivity index (χ1v) is 6.14. The second-order valence-corrected chi connectivity index (χ2v) is 4.39. The smallest absolute Gasteiger partial charge is 0.330 e. The van der Waals surface area contributed by atoms with Gasteiger partial charge in [-0.15, -0.1) is 0 Å². The van der Waals surface area contributed by atoms with Crippen LogP contribution in [-0.4, -0.2) is 46.9 Å². The summed E-state index contributed by atoms with van der Waals surface area (Å²) in [5, 5.41) is 13.7. The monoisotopic (exact) mass is 291 g/mol. The molecular formula is C13H13N3O5. The van der Waals surface area contributed by atoms with Gasteiger partial charge in [-0.2, -0.15) is 0 Å². The number of carbonyl (C=O) groups is 4. The maximum Gasteiger partial charge on any atom is 0.330 e. The van der Waals surface area contributed by atoms with Gasteiger partial charge in [-0.3, -0.25) is 14.5 Å². The van der Waals surface area contributed by atoms with E-state index in [0.717, 1.165) is 4.90 Å². The Kier molecular flexibility index (Phi) is 4.17. The van der Waals surface area contributed by atoms with E-state index < -0.39 is 36.4 Å². The molecule has 1 aliphatic heterocycles. The van der Waals surface area contributed by atoms with Crippen molar-refractivity contribution in [1.29, 1.82) is 0 Å². The van der Waals surface area contributed by atoms with Crippen LogP contribution in [0.15, 0.2) is 30.3 Å². The average Bonchev–Trinajstić information content (AvgIpc) is 2.77. The number of aliphatic carboxylic acids is 1. The van der Waals surface area contributed by atoms with Crippen molar-refractivity contribution in [3.8, 4) is 0 Å². The van der Waals surface area contributed by atoms with Crippen LogP contribution in [0.3, 0.4) is 0 Å². The fourth-order valence-corrected chi connectivity index (χ4v) is 1.90. The van der Waals surface area contributed by atoms with Crippen LogP contribution in [0.2, 0.25) is 0 Å². The van der Waals surface area contributed by atoms with Crippen molar-refractivity contribution < 1.29 is 24.3 Å². The van der Waals surface area contributed by atoms with Crippen LogP contribution in [-0.2, 0) is 14.4 Å². The molecule has 2 rings (SSSR count). The predicted octanol–water partition coefficient (Wildman–Crippen LogP) is -0.520. The first kappa shape index (κ1) is 14.5. The van der Waals surface area contributed by atoms with Gasteiger partial charge in [0.25, 0.3) is 5.91 Å². The normalized spacial score (nSPS) is 15.5. The summed E-state index contributed by atoms with van der Waals surface area (Å²) >= 11 is 0. The average molecular weight is 291 g/mol. The Bertz CT molecular complexity index is 571. The number of carbonyl (C=O) groups excluding carboxylic acids is 3. The van der Waals surface area contributed by atoms with Gasteiger partial charge in [-0.1, -0.05) is 30.3 Å². The Morgan fingerprint density at radius 2 is 1.95 bits per heavy atom. The van der Waals surface area contributed by atoms with E-state index in [2.05, 4.69) is 10.6 Å². The zero-order valence-electron chi connectivity index (χ0n) is 10.9. The van der Waals surface area contributed by atoms with E-state index >= 15 is 0 Å². The molecule has 0 aliphatic carbocycles. The highest BCUT2D eigenvalue weighted by Crippen LogP contribution is 2.12. The van der Waals surface area contributed by atoms with E-state index in [0.29, 0.717) is 5.56 Å². The molecule has 1 aromatic carbocycles. The van der Waals surface area contributed by atoms with Gasteiger partial charge in [0, 0.05) is 0 Å². The van der Waals surface area contributed by atoms with Crippen LogP contribution in [0, 0.1) is 0 Å². The van der Waals surface area contributed by atoms with Gasteiger partial charge in [-0.05, 0) is 5.56 Å². The lowest BCUT2D eigenvalue weighted by atomic mass is 10.1. The number of carboxylic acids is 1. The summed E-state index contributed by atoms with van der Waals surface area (Å²) in [6, 6.07) is 6.24. The largest absolute Gasteiger partial charge is 0.479 e. The SMILES string of the molecule is O=C(CN1C(=O)CNC1=O)NC(C(=O)O)c1ccccc1. The number of imide groups is 1. The van der Waals surface area contributed by atoms with E-state index in [1.807, 2.05) is 0 Å². The Balaban J connectivity index is 2.04. The number of hydrogen-bond acceptors (Lipinski definition) is 4. The molecule has 0 radical (unpaired) electrons. The molecule has 1 aliphatic rings. The molecule has 1 fully saturated rings. The first-order valence-electron chi connectivity index (χ1n) is 6.14. The zero-order valence-corrected chi connectivity index (χ0v) is 10.9. The minimum Gasteiger partial charge on any atom is -0.479 e. The van der Waals surface area contributed by atoms with E-state index in [1.165, 1.54) is 0 Å². The summed E-state index contributed by atoms with van der Waals surface area (Å²) in [5.41, 5.74) is 0.399. The summed E-state index contributed by atoms with van der Waals surface area (Å²) in [4.78, 5) is 46.5. The Hall–Kier alpha value is -2.90. The molecule has 0 aromatic heterocycles. The predicted molar refractivity (Wildman–Crippen MR) is 70.1 cm³/mol. The standard InChI is InChI=1S/C13H13N3O5/c17-9(7-16-10(18)6-14-13(16)21)15-11(12(19)20)8-4-2-1-3-5-8/h1-5,11H,6-7H2,(H,14,21)(H,15,17)(H,19,20). The molecule has 0 bridgehead atoms. The third-order valence-electron chi connectivity index (χ3n) is 2.92. The number of carboxylic acid groups (broad SMARTS) is 1. The number of rotatable bonds is 5. The fraction of sp³-hybridized carbons (Fsp3) is 0.231. The van der Waals surface area contributed by atoms with Crippen LogP contribution in [0.25, 0.3) is 0 Å². The van der Waals surface area contributed by atoms with Crippen LogP contribution in [0.1, 0.15) is 11.6 Å². The molecule has 1 saturated heterocycles. The lowest BCUT2D eigenvalue weighted by Crippen LogP contribution is -2.43. The van der Waals surface area contributed by atoms with E-state index in [4.69, 9.17) is 5.11 Å². The summed E-state index contributed by atoms with van der Waals surface area (Å²) in [7, 11) is 0. The van der Waals surface area contributed by atoms with Crippen molar-refractivity contribution in [3.05, 3.63) is 35.9 Å². The fourth-order valence-electron chi connectivity index (χ4n) is 1.90. The van der Waals surface area contributed by atoms with Crippen molar-refractivity contribution in [2.24, 2.45) is 0 Å². The molecule has 4 amide bonds. The van der Waals surface area contributed by atoms with Crippen LogP contribution in [0.4, 0.5) is 4.79 Å². The van der Waals surface area contributed by atoms with Crippen LogP contribution < -0.4 is 10.6 Å². The molecule has 0 saturated carbocycles. The van der Waals surface area contributed by atoms with Gasteiger partial charge in [0.2, 0.25) is 5.91 Å². The van der Waals surface area contributed by atoms with E-state index in [1.54, 1.807) is 30.3 Å². The Morgan fingerprint density at radius 3 is 2.48 bits per heavy atom. The molecule has 21 heavy (non-hydrogen) atoms. The van der Waals surface area contributed by atoms with Gasteiger partial charge in [0.1, 0.15) is 6.54 Å². The first-order chi connectivity index (χ1) is 9.99. The lowest BCUT2D eigenvalue weighted by molar-refractivity contribution is -0.142.